The Kier molecular flexibility index (Phi) is 4.03. The van der Waals surface area contributed by atoms with Crippen LogP contribution in [0.25, 0.3) is 0 Å². The number of para-hydroxylation sites is 2. The zero-order chi connectivity index (χ0) is 14.8. The number of halogens is 1. The molecule has 110 valence electrons. The van der Waals surface area contributed by atoms with Crippen molar-refractivity contribution < 1.29 is 14.3 Å². The van der Waals surface area contributed by atoms with Gasteiger partial charge in [-0.3, -0.25) is 4.79 Å². The molecule has 1 aromatic heterocycles. The number of thiophene rings is 1. The number of rotatable bonds is 3. The van der Waals surface area contributed by atoms with E-state index >= 15 is 0 Å². The van der Waals surface area contributed by atoms with Crippen LogP contribution in [0.4, 0.5) is 0 Å². The van der Waals surface area contributed by atoms with Gasteiger partial charge in [0.15, 0.2) is 11.5 Å². The number of carbonyl (C=O) groups excluding carboxylic acids is 1. The summed E-state index contributed by atoms with van der Waals surface area (Å²) in [5.41, 5.74) is 0. The van der Waals surface area contributed by atoms with Gasteiger partial charge in [-0.1, -0.05) is 23.7 Å². The van der Waals surface area contributed by atoms with Crippen molar-refractivity contribution in [3.05, 3.63) is 45.6 Å². The fraction of sp³-hybridized carbons (Fsp3) is 0.267. The third-order valence-corrected chi connectivity index (χ3v) is 4.59. The van der Waals surface area contributed by atoms with Gasteiger partial charge in [0.25, 0.3) is 5.91 Å². The maximum absolute atomic E-state index is 12.3. The second-order valence-corrected chi connectivity index (χ2v) is 6.48. The zero-order valence-corrected chi connectivity index (χ0v) is 12.9. The molecular formula is C15H14ClNO3S. The van der Waals surface area contributed by atoms with Crippen molar-refractivity contribution in [3.8, 4) is 11.5 Å². The Hall–Kier alpha value is -1.72. The van der Waals surface area contributed by atoms with E-state index in [0.717, 1.165) is 4.88 Å². The molecule has 1 aliphatic heterocycles. The van der Waals surface area contributed by atoms with E-state index in [1.54, 1.807) is 6.07 Å². The first-order valence-corrected chi connectivity index (χ1v) is 7.77. The van der Waals surface area contributed by atoms with Gasteiger partial charge in [-0.25, -0.2) is 0 Å². The lowest BCUT2D eigenvalue weighted by molar-refractivity contribution is -0.131. The topological polar surface area (TPSA) is 47.6 Å². The standard InChI is InChI=1S/C15H14ClNO3S/c1-9(13-6-7-14(16)21-13)17-15(18)12-8-19-10-4-2-3-5-11(10)20-12/h2-7,9,12H,8H2,1H3,(H,17,18)/t9-,12-/m1/s1. The van der Waals surface area contributed by atoms with Crippen molar-refractivity contribution >= 4 is 28.8 Å². The number of hydrogen-bond donors (Lipinski definition) is 1. The monoisotopic (exact) mass is 323 g/mol. The highest BCUT2D eigenvalue weighted by atomic mass is 35.5. The van der Waals surface area contributed by atoms with Crippen LogP contribution >= 0.6 is 22.9 Å². The molecule has 1 aliphatic rings. The second-order valence-electron chi connectivity index (χ2n) is 4.74. The molecule has 2 heterocycles. The fourth-order valence-corrected chi connectivity index (χ4v) is 3.15. The summed E-state index contributed by atoms with van der Waals surface area (Å²) in [5.74, 6) is 1.07. The normalized spacial score (nSPS) is 18.1. The van der Waals surface area contributed by atoms with Crippen molar-refractivity contribution in [2.75, 3.05) is 6.61 Å². The van der Waals surface area contributed by atoms with Crippen LogP contribution in [0.1, 0.15) is 17.8 Å². The van der Waals surface area contributed by atoms with Crippen molar-refractivity contribution in [2.45, 2.75) is 19.1 Å². The molecule has 0 bridgehead atoms. The minimum Gasteiger partial charge on any atom is -0.485 e. The van der Waals surface area contributed by atoms with Crippen LogP contribution in [0.15, 0.2) is 36.4 Å². The van der Waals surface area contributed by atoms with Gasteiger partial charge in [0.1, 0.15) is 6.61 Å². The minimum atomic E-state index is -0.641. The van der Waals surface area contributed by atoms with Crippen LogP contribution in [0.2, 0.25) is 4.34 Å². The minimum absolute atomic E-state index is 0.115. The molecule has 21 heavy (non-hydrogen) atoms. The molecule has 6 heteroatoms. The van der Waals surface area contributed by atoms with E-state index in [1.807, 2.05) is 37.3 Å². The van der Waals surface area contributed by atoms with Crippen LogP contribution in [-0.4, -0.2) is 18.6 Å². The molecule has 0 saturated carbocycles. The van der Waals surface area contributed by atoms with Gasteiger partial charge in [-0.2, -0.15) is 0 Å². The largest absolute Gasteiger partial charge is 0.485 e. The van der Waals surface area contributed by atoms with E-state index in [4.69, 9.17) is 21.1 Å². The van der Waals surface area contributed by atoms with E-state index in [-0.39, 0.29) is 18.6 Å². The molecule has 0 spiro atoms. The van der Waals surface area contributed by atoms with Gasteiger partial charge >= 0.3 is 0 Å². The number of ether oxygens (including phenoxy) is 2. The highest BCUT2D eigenvalue weighted by molar-refractivity contribution is 7.16. The average molecular weight is 324 g/mol. The van der Waals surface area contributed by atoms with Crippen molar-refractivity contribution in [1.29, 1.82) is 0 Å². The van der Waals surface area contributed by atoms with Crippen molar-refractivity contribution in [1.82, 2.24) is 5.32 Å². The summed E-state index contributed by atoms with van der Waals surface area (Å²) in [6, 6.07) is 10.9. The SMILES string of the molecule is C[C@@H](NC(=O)[C@H]1COc2ccccc2O1)c1ccc(Cl)s1. The van der Waals surface area contributed by atoms with E-state index in [2.05, 4.69) is 5.32 Å². The number of hydrogen-bond acceptors (Lipinski definition) is 4. The molecule has 0 saturated heterocycles. The maximum Gasteiger partial charge on any atom is 0.265 e. The number of carbonyl (C=O) groups is 1. The predicted octanol–water partition coefficient (Wildman–Crippen LogP) is 3.42. The number of benzene rings is 1. The average Bonchev–Trinajstić information content (AvgIpc) is 2.93. The molecule has 4 nitrogen and oxygen atoms in total. The molecule has 0 radical (unpaired) electrons. The Bertz CT molecular complexity index is 658. The fourth-order valence-electron chi connectivity index (χ4n) is 2.09. The van der Waals surface area contributed by atoms with E-state index < -0.39 is 6.10 Å². The predicted molar refractivity (Wildman–Crippen MR) is 82.2 cm³/mol. The second kappa shape index (κ2) is 5.95. The van der Waals surface area contributed by atoms with E-state index in [0.29, 0.717) is 15.8 Å². The lowest BCUT2D eigenvalue weighted by atomic mass is 10.2. The molecule has 2 atom stereocenters. The van der Waals surface area contributed by atoms with E-state index in [1.165, 1.54) is 11.3 Å². The molecule has 0 aliphatic carbocycles. The Labute approximate surface area is 131 Å². The third kappa shape index (κ3) is 3.14. The first kappa shape index (κ1) is 14.2. The van der Waals surface area contributed by atoms with Gasteiger partial charge in [-0.15, -0.1) is 11.3 Å². The summed E-state index contributed by atoms with van der Waals surface area (Å²) in [5, 5.41) is 2.92. The summed E-state index contributed by atoms with van der Waals surface area (Å²) in [6.07, 6.45) is -0.641. The summed E-state index contributed by atoms with van der Waals surface area (Å²) >= 11 is 7.36. The Balaban J connectivity index is 1.64. The van der Waals surface area contributed by atoms with Crippen molar-refractivity contribution in [2.24, 2.45) is 0 Å². The zero-order valence-electron chi connectivity index (χ0n) is 11.3. The van der Waals surface area contributed by atoms with Crippen LogP contribution in [-0.2, 0) is 4.79 Å². The maximum atomic E-state index is 12.3. The highest BCUT2D eigenvalue weighted by Gasteiger charge is 2.28. The molecule has 2 aromatic rings. The van der Waals surface area contributed by atoms with Gasteiger partial charge in [0.2, 0.25) is 6.10 Å². The lowest BCUT2D eigenvalue weighted by Gasteiger charge is -2.26. The van der Waals surface area contributed by atoms with Crippen LogP contribution in [0, 0.1) is 0 Å². The molecule has 0 fully saturated rings. The first-order valence-electron chi connectivity index (χ1n) is 6.57. The molecule has 0 unspecified atom stereocenters. The highest BCUT2D eigenvalue weighted by Crippen LogP contribution is 2.31. The quantitative estimate of drug-likeness (QED) is 0.941. The number of amides is 1. The van der Waals surface area contributed by atoms with Gasteiger partial charge < -0.3 is 14.8 Å². The van der Waals surface area contributed by atoms with Crippen LogP contribution < -0.4 is 14.8 Å². The number of fused-ring (bicyclic) bond motifs is 1. The van der Waals surface area contributed by atoms with Gasteiger partial charge in [0.05, 0.1) is 10.4 Å². The molecule has 1 aromatic carbocycles. The smallest absolute Gasteiger partial charge is 0.265 e. The number of nitrogens with one attached hydrogen (secondary N) is 1. The molecule has 1 N–H and O–H groups in total. The summed E-state index contributed by atoms with van der Waals surface area (Å²) < 4.78 is 11.9. The molecular weight excluding hydrogens is 310 g/mol. The van der Waals surface area contributed by atoms with E-state index in [9.17, 15) is 4.79 Å². The summed E-state index contributed by atoms with van der Waals surface area (Å²) in [7, 11) is 0. The summed E-state index contributed by atoms with van der Waals surface area (Å²) in [6.45, 7) is 2.12. The van der Waals surface area contributed by atoms with Gasteiger partial charge in [-0.05, 0) is 31.2 Å². The Morgan fingerprint density at radius 1 is 1.33 bits per heavy atom. The third-order valence-electron chi connectivity index (χ3n) is 3.18. The Morgan fingerprint density at radius 3 is 2.81 bits per heavy atom. The van der Waals surface area contributed by atoms with Crippen LogP contribution in [0.3, 0.4) is 0 Å². The molecule has 1 amide bonds. The van der Waals surface area contributed by atoms with Gasteiger partial charge in [0, 0.05) is 4.88 Å². The van der Waals surface area contributed by atoms with Crippen LogP contribution in [0.5, 0.6) is 11.5 Å². The Morgan fingerprint density at radius 2 is 2.10 bits per heavy atom. The lowest BCUT2D eigenvalue weighted by Crippen LogP contribution is -2.44. The van der Waals surface area contributed by atoms with Crippen molar-refractivity contribution in [3.63, 3.8) is 0 Å². The molecule has 3 rings (SSSR count). The summed E-state index contributed by atoms with van der Waals surface area (Å²) in [4.78, 5) is 13.3. The first-order chi connectivity index (χ1) is 10.1.